The summed E-state index contributed by atoms with van der Waals surface area (Å²) in [5.74, 6) is -0.00264. The van der Waals surface area contributed by atoms with Gasteiger partial charge in [-0.2, -0.15) is 0 Å². The van der Waals surface area contributed by atoms with Gasteiger partial charge in [0.25, 0.3) is 0 Å². The molecular formula is C5H13N3O2S2. The lowest BCUT2D eigenvalue weighted by Gasteiger charge is -2.11. The van der Waals surface area contributed by atoms with E-state index >= 15 is 0 Å². The van der Waals surface area contributed by atoms with Crippen LogP contribution in [0.15, 0.2) is 0 Å². The van der Waals surface area contributed by atoms with Crippen LogP contribution in [0.2, 0.25) is 0 Å². The smallest absolute Gasteiger partial charge is 0.215 e. The Labute approximate surface area is 78.0 Å². The van der Waals surface area contributed by atoms with Crippen LogP contribution >= 0.6 is 12.2 Å². The van der Waals surface area contributed by atoms with Crippen LogP contribution in [0.4, 0.5) is 0 Å². The number of hydrogen-bond acceptors (Lipinski definition) is 3. The third kappa shape index (κ3) is 4.47. The molecule has 0 unspecified atom stereocenters. The Balaban J connectivity index is 3.86. The second kappa shape index (κ2) is 4.58. The van der Waals surface area contributed by atoms with Gasteiger partial charge in [-0.1, -0.05) is 0 Å². The molecule has 72 valence electrons. The van der Waals surface area contributed by atoms with Gasteiger partial charge in [0.1, 0.15) is 0 Å². The van der Waals surface area contributed by atoms with E-state index < -0.39 is 10.0 Å². The van der Waals surface area contributed by atoms with Crippen molar-refractivity contribution in [3.05, 3.63) is 0 Å². The van der Waals surface area contributed by atoms with Gasteiger partial charge in [0.05, 0.1) is 5.75 Å². The molecule has 7 heteroatoms. The van der Waals surface area contributed by atoms with E-state index in [0.29, 0.717) is 0 Å². The van der Waals surface area contributed by atoms with Gasteiger partial charge in [-0.05, 0) is 12.2 Å². The maximum absolute atomic E-state index is 11.1. The molecule has 12 heavy (non-hydrogen) atoms. The maximum atomic E-state index is 11.1. The summed E-state index contributed by atoms with van der Waals surface area (Å²) in [5.41, 5.74) is 5.11. The summed E-state index contributed by atoms with van der Waals surface area (Å²) < 4.78 is 23.4. The Bertz CT molecular complexity index is 247. The van der Waals surface area contributed by atoms with Crippen molar-refractivity contribution in [2.24, 2.45) is 5.73 Å². The summed E-state index contributed by atoms with van der Waals surface area (Å²) in [6, 6.07) is 0. The fourth-order valence-electron chi connectivity index (χ4n) is 0.486. The predicted octanol–water partition coefficient (Wildman–Crippen LogP) is -1.29. The average Bonchev–Trinajstić information content (AvgIpc) is 1.85. The quantitative estimate of drug-likeness (QED) is 0.566. The van der Waals surface area contributed by atoms with Gasteiger partial charge >= 0.3 is 0 Å². The minimum absolute atomic E-state index is 0.00264. The molecule has 0 amide bonds. The van der Waals surface area contributed by atoms with Crippen molar-refractivity contribution in [1.82, 2.24) is 9.62 Å². The van der Waals surface area contributed by atoms with Crippen molar-refractivity contribution in [1.29, 1.82) is 0 Å². The molecule has 0 atom stereocenters. The molecule has 0 fully saturated rings. The molecule has 0 aliphatic carbocycles. The largest absolute Gasteiger partial charge is 0.376 e. The van der Waals surface area contributed by atoms with Crippen molar-refractivity contribution in [3.63, 3.8) is 0 Å². The number of thiocarbonyl (C=S) groups is 1. The van der Waals surface area contributed by atoms with Crippen molar-refractivity contribution in [2.45, 2.75) is 0 Å². The van der Waals surface area contributed by atoms with Crippen molar-refractivity contribution in [2.75, 3.05) is 26.4 Å². The molecule has 0 bridgehead atoms. The standard InChI is InChI=1S/C5H13N3O2S2/c1-8(2)12(9,10)4-3-7-5(6)11/h3-4H2,1-2H3,(H3,6,7,11). The molecule has 0 spiro atoms. The molecule has 0 rings (SSSR count). The number of nitrogens with zero attached hydrogens (tertiary/aromatic N) is 1. The van der Waals surface area contributed by atoms with Gasteiger partial charge in [-0.15, -0.1) is 0 Å². The molecule has 0 saturated heterocycles. The molecule has 3 N–H and O–H groups in total. The first-order chi connectivity index (χ1) is 5.36. The second-order valence-corrected chi connectivity index (χ2v) is 5.13. The second-order valence-electron chi connectivity index (χ2n) is 2.39. The molecule has 0 aromatic heterocycles. The van der Waals surface area contributed by atoms with Crippen LogP contribution in [-0.4, -0.2) is 44.2 Å². The van der Waals surface area contributed by atoms with Crippen LogP contribution < -0.4 is 11.1 Å². The average molecular weight is 211 g/mol. The maximum Gasteiger partial charge on any atom is 0.215 e. The SMILES string of the molecule is CN(C)S(=O)(=O)CCNC(N)=S. The van der Waals surface area contributed by atoms with E-state index in [1.807, 2.05) is 0 Å². The summed E-state index contributed by atoms with van der Waals surface area (Å²) in [4.78, 5) is 0. The summed E-state index contributed by atoms with van der Waals surface area (Å²) in [7, 11) is -0.174. The molecule has 0 aliphatic rings. The van der Waals surface area contributed by atoms with E-state index in [0.717, 1.165) is 4.31 Å². The fraction of sp³-hybridized carbons (Fsp3) is 0.800. The summed E-state index contributed by atoms with van der Waals surface area (Å²) in [6.07, 6.45) is 0. The number of nitrogens with two attached hydrogens (primary N) is 1. The highest BCUT2D eigenvalue weighted by molar-refractivity contribution is 7.89. The van der Waals surface area contributed by atoms with Gasteiger partial charge in [-0.25, -0.2) is 12.7 Å². The lowest BCUT2D eigenvalue weighted by atomic mass is 10.7. The van der Waals surface area contributed by atoms with Gasteiger partial charge in [0.2, 0.25) is 10.0 Å². The molecule has 0 radical (unpaired) electrons. The van der Waals surface area contributed by atoms with Crippen LogP contribution in [-0.2, 0) is 10.0 Å². The molecular weight excluding hydrogens is 198 g/mol. The van der Waals surface area contributed by atoms with Crippen molar-refractivity contribution >= 4 is 27.4 Å². The fourth-order valence-corrected chi connectivity index (χ4v) is 1.31. The summed E-state index contributed by atoms with van der Waals surface area (Å²) in [6.45, 7) is 0.246. The highest BCUT2D eigenvalue weighted by Crippen LogP contribution is 1.91. The van der Waals surface area contributed by atoms with Crippen LogP contribution in [0.25, 0.3) is 0 Å². The Hall–Kier alpha value is -0.400. The Morgan fingerprint density at radius 1 is 1.58 bits per heavy atom. The zero-order valence-electron chi connectivity index (χ0n) is 7.07. The highest BCUT2D eigenvalue weighted by Gasteiger charge is 2.12. The van der Waals surface area contributed by atoms with E-state index in [1.54, 1.807) is 0 Å². The summed E-state index contributed by atoms with van der Waals surface area (Å²) >= 11 is 4.51. The molecule has 5 nitrogen and oxygen atoms in total. The van der Waals surface area contributed by atoms with Crippen molar-refractivity contribution in [3.8, 4) is 0 Å². The molecule has 0 aromatic carbocycles. The van der Waals surface area contributed by atoms with Gasteiger partial charge < -0.3 is 11.1 Å². The van der Waals surface area contributed by atoms with Crippen LogP contribution in [0.1, 0.15) is 0 Å². The van der Waals surface area contributed by atoms with Gasteiger partial charge in [0, 0.05) is 20.6 Å². The Morgan fingerprint density at radius 3 is 2.42 bits per heavy atom. The lowest BCUT2D eigenvalue weighted by molar-refractivity contribution is 0.520. The molecule has 0 aromatic rings. The minimum atomic E-state index is -3.14. The Kier molecular flexibility index (Phi) is 4.43. The number of nitrogens with one attached hydrogen (secondary N) is 1. The Morgan fingerprint density at radius 2 is 2.08 bits per heavy atom. The van der Waals surface area contributed by atoms with E-state index in [9.17, 15) is 8.42 Å². The third-order valence-corrected chi connectivity index (χ3v) is 3.19. The zero-order chi connectivity index (χ0) is 9.78. The topological polar surface area (TPSA) is 75.4 Å². The zero-order valence-corrected chi connectivity index (χ0v) is 8.70. The number of sulfonamides is 1. The van der Waals surface area contributed by atoms with Gasteiger partial charge in [-0.3, -0.25) is 0 Å². The first-order valence-electron chi connectivity index (χ1n) is 3.30. The first-order valence-corrected chi connectivity index (χ1v) is 5.31. The monoisotopic (exact) mass is 211 g/mol. The van der Waals surface area contributed by atoms with Crippen LogP contribution in [0, 0.1) is 0 Å². The predicted molar refractivity (Wildman–Crippen MR) is 52.3 cm³/mol. The van der Waals surface area contributed by atoms with E-state index in [-0.39, 0.29) is 17.4 Å². The van der Waals surface area contributed by atoms with Crippen LogP contribution in [0.5, 0.6) is 0 Å². The highest BCUT2D eigenvalue weighted by atomic mass is 32.2. The van der Waals surface area contributed by atoms with Crippen molar-refractivity contribution < 1.29 is 8.42 Å². The van der Waals surface area contributed by atoms with E-state index in [4.69, 9.17) is 5.73 Å². The van der Waals surface area contributed by atoms with Crippen LogP contribution in [0.3, 0.4) is 0 Å². The first kappa shape index (κ1) is 11.6. The number of hydrogen-bond donors (Lipinski definition) is 2. The molecule has 0 aliphatic heterocycles. The molecule has 0 heterocycles. The third-order valence-electron chi connectivity index (χ3n) is 1.22. The lowest BCUT2D eigenvalue weighted by Crippen LogP contribution is -2.36. The number of rotatable bonds is 4. The normalized spacial score (nSPS) is 11.6. The van der Waals surface area contributed by atoms with E-state index in [2.05, 4.69) is 17.5 Å². The van der Waals surface area contributed by atoms with Gasteiger partial charge in [0.15, 0.2) is 5.11 Å². The minimum Gasteiger partial charge on any atom is -0.376 e. The molecule has 0 saturated carbocycles. The van der Waals surface area contributed by atoms with E-state index in [1.165, 1.54) is 14.1 Å². The summed E-state index contributed by atoms with van der Waals surface area (Å²) in [5, 5.41) is 2.67.